The van der Waals surface area contributed by atoms with E-state index in [0.29, 0.717) is 6.42 Å². The van der Waals surface area contributed by atoms with Crippen LogP contribution in [0, 0.1) is 0 Å². The van der Waals surface area contributed by atoms with Crippen molar-refractivity contribution in [1.29, 1.82) is 0 Å². The van der Waals surface area contributed by atoms with Crippen molar-refractivity contribution in [3.8, 4) is 0 Å². The van der Waals surface area contributed by atoms with Crippen LogP contribution in [0.3, 0.4) is 0 Å². The second kappa shape index (κ2) is 6.83. The number of hydrogen-bond donors (Lipinski definition) is 0. The smallest absolute Gasteiger partial charge is 0.340 e. The molecule has 2 fully saturated rings. The summed E-state index contributed by atoms with van der Waals surface area (Å²) in [5.74, 6) is -0.321. The lowest BCUT2D eigenvalue weighted by atomic mass is 10.0. The Morgan fingerprint density at radius 1 is 1.15 bits per heavy atom. The van der Waals surface area contributed by atoms with Crippen molar-refractivity contribution >= 4 is 5.97 Å². The Labute approximate surface area is 154 Å². The maximum absolute atomic E-state index is 12.3. The van der Waals surface area contributed by atoms with Gasteiger partial charge in [0.1, 0.15) is 0 Å². The zero-order chi connectivity index (χ0) is 18.1. The van der Waals surface area contributed by atoms with Crippen molar-refractivity contribution < 1.29 is 14.4 Å². The number of rotatable bonds is 4. The summed E-state index contributed by atoms with van der Waals surface area (Å²) < 4.78 is 4.99. The minimum absolute atomic E-state index is 0.0458. The zero-order valence-electron chi connectivity index (χ0n) is 15.2. The molecule has 2 aliphatic heterocycles. The lowest BCUT2D eigenvalue weighted by Gasteiger charge is -2.26. The lowest BCUT2D eigenvalue weighted by molar-refractivity contribution is -0.223. The molecule has 2 aromatic carbocycles. The van der Waals surface area contributed by atoms with Crippen molar-refractivity contribution in [3.63, 3.8) is 0 Å². The van der Waals surface area contributed by atoms with E-state index in [1.807, 2.05) is 36.3 Å². The summed E-state index contributed by atoms with van der Waals surface area (Å²) in [6.45, 7) is 3.51. The number of methoxy groups -OCH3 is 1. The number of carbonyl (C=O) groups excluding carboxylic acids is 1. The molecule has 0 spiro atoms. The predicted octanol–water partition coefficient (Wildman–Crippen LogP) is 3.14. The highest BCUT2D eigenvalue weighted by atomic mass is 16.7. The Hall–Kier alpha value is -2.21. The van der Waals surface area contributed by atoms with Gasteiger partial charge in [0.2, 0.25) is 0 Å². The average molecular weight is 352 g/mol. The van der Waals surface area contributed by atoms with E-state index >= 15 is 0 Å². The van der Waals surface area contributed by atoms with Gasteiger partial charge in [-0.05, 0) is 18.1 Å². The molecule has 5 heteroatoms. The second-order valence-electron chi connectivity index (χ2n) is 7.20. The summed E-state index contributed by atoms with van der Waals surface area (Å²) >= 11 is 0. The molecule has 2 saturated heterocycles. The number of hydrogen-bond acceptors (Lipinski definition) is 5. The van der Waals surface area contributed by atoms with E-state index in [1.165, 1.54) is 18.2 Å². The van der Waals surface area contributed by atoms with Gasteiger partial charge in [-0.15, -0.1) is 0 Å². The second-order valence-corrected chi connectivity index (χ2v) is 7.20. The molecule has 0 aromatic heterocycles. The topological polar surface area (TPSA) is 42.0 Å². The molecule has 0 N–H and O–H groups in total. The van der Waals surface area contributed by atoms with Gasteiger partial charge in [-0.1, -0.05) is 60.7 Å². The van der Waals surface area contributed by atoms with Gasteiger partial charge in [0.15, 0.2) is 5.60 Å². The number of esters is 1. The highest BCUT2D eigenvalue weighted by Gasteiger charge is 2.56. The number of benzene rings is 2. The fraction of sp³-hybridized carbons (Fsp3) is 0.381. The number of fused-ring (bicyclic) bond motifs is 1. The van der Waals surface area contributed by atoms with Crippen LogP contribution in [0.1, 0.15) is 30.5 Å². The molecule has 2 aliphatic rings. The minimum atomic E-state index is -0.943. The first-order valence-corrected chi connectivity index (χ1v) is 8.99. The summed E-state index contributed by atoms with van der Waals surface area (Å²) in [4.78, 5) is 20.9. The predicted molar refractivity (Wildman–Crippen MR) is 97.8 cm³/mol. The van der Waals surface area contributed by atoms with Gasteiger partial charge >= 0.3 is 5.97 Å². The first-order chi connectivity index (χ1) is 12.6. The van der Waals surface area contributed by atoms with Crippen LogP contribution in [-0.4, -0.2) is 41.4 Å². The molecule has 5 nitrogen and oxygen atoms in total. The molecule has 2 heterocycles. The third-order valence-electron chi connectivity index (χ3n) is 5.34. The Balaban J connectivity index is 1.63. The lowest BCUT2D eigenvalue weighted by Crippen LogP contribution is -2.39. The molecule has 2 aromatic rings. The maximum atomic E-state index is 12.3. The molecular weight excluding hydrogens is 328 g/mol. The third kappa shape index (κ3) is 3.03. The molecule has 0 saturated carbocycles. The van der Waals surface area contributed by atoms with Crippen LogP contribution < -0.4 is 0 Å². The van der Waals surface area contributed by atoms with E-state index in [4.69, 9.17) is 9.57 Å². The summed E-state index contributed by atoms with van der Waals surface area (Å²) in [5.41, 5.74) is 1.51. The molecule has 1 unspecified atom stereocenters. The van der Waals surface area contributed by atoms with Crippen molar-refractivity contribution in [3.05, 3.63) is 71.8 Å². The van der Waals surface area contributed by atoms with E-state index in [9.17, 15) is 4.79 Å². The number of nitrogens with zero attached hydrogens (tertiary/aromatic N) is 2. The van der Waals surface area contributed by atoms with Gasteiger partial charge in [0.25, 0.3) is 0 Å². The minimum Gasteiger partial charge on any atom is -0.467 e. The molecule has 3 atom stereocenters. The highest BCUT2D eigenvalue weighted by Crippen LogP contribution is 2.44. The number of ether oxygens (including phenoxy) is 1. The van der Waals surface area contributed by atoms with E-state index in [-0.39, 0.29) is 18.2 Å². The Kier molecular flexibility index (Phi) is 4.53. The largest absolute Gasteiger partial charge is 0.467 e. The van der Waals surface area contributed by atoms with Crippen molar-refractivity contribution in [2.75, 3.05) is 13.7 Å². The Bertz CT molecular complexity index is 767. The van der Waals surface area contributed by atoms with Crippen molar-refractivity contribution in [2.24, 2.45) is 0 Å². The fourth-order valence-corrected chi connectivity index (χ4v) is 4.01. The summed E-state index contributed by atoms with van der Waals surface area (Å²) in [5, 5.41) is 2.00. The maximum Gasteiger partial charge on any atom is 0.340 e. The van der Waals surface area contributed by atoms with Gasteiger partial charge in [-0.2, -0.15) is 5.06 Å². The van der Waals surface area contributed by atoms with Gasteiger partial charge in [-0.3, -0.25) is 9.74 Å². The number of carbonyl (C=O) groups is 1. The molecule has 0 amide bonds. The summed E-state index contributed by atoms with van der Waals surface area (Å²) in [7, 11) is 1.41. The fourth-order valence-electron chi connectivity index (χ4n) is 4.01. The average Bonchev–Trinajstić information content (AvgIpc) is 3.19. The van der Waals surface area contributed by atoms with Crippen LogP contribution in [-0.2, 0) is 20.9 Å². The molecule has 0 aliphatic carbocycles. The zero-order valence-corrected chi connectivity index (χ0v) is 15.2. The van der Waals surface area contributed by atoms with Crippen LogP contribution in [0.2, 0.25) is 0 Å². The number of hydroxylamine groups is 2. The van der Waals surface area contributed by atoms with E-state index in [2.05, 4.69) is 41.3 Å². The Morgan fingerprint density at radius 2 is 1.81 bits per heavy atom. The van der Waals surface area contributed by atoms with Crippen LogP contribution in [0.25, 0.3) is 0 Å². The van der Waals surface area contributed by atoms with Gasteiger partial charge in [-0.25, -0.2) is 4.79 Å². The Morgan fingerprint density at radius 3 is 2.46 bits per heavy atom. The molecular formula is C21H24N2O3. The summed E-state index contributed by atoms with van der Waals surface area (Å²) in [6.07, 6.45) is 0.639. The monoisotopic (exact) mass is 352 g/mol. The van der Waals surface area contributed by atoms with E-state index < -0.39 is 5.60 Å². The first-order valence-electron chi connectivity index (χ1n) is 8.99. The van der Waals surface area contributed by atoms with Crippen molar-refractivity contribution in [1.82, 2.24) is 9.96 Å². The molecule has 4 rings (SSSR count). The van der Waals surface area contributed by atoms with E-state index in [0.717, 1.165) is 13.1 Å². The van der Waals surface area contributed by atoms with Gasteiger partial charge < -0.3 is 4.74 Å². The van der Waals surface area contributed by atoms with Gasteiger partial charge in [0.05, 0.1) is 19.3 Å². The highest BCUT2D eigenvalue weighted by molar-refractivity contribution is 5.79. The van der Waals surface area contributed by atoms with Crippen LogP contribution >= 0.6 is 0 Å². The standard InChI is InChI=1S/C21H24N2O3/c1-21(20(24)25-2)13-19-22(14-16-9-5-3-6-10-16)15-18(23(19)26-21)17-11-7-4-8-12-17/h3-12,18-19H,13-15H2,1-2H3/t18-,19+,21?/m1/s1. The van der Waals surface area contributed by atoms with E-state index in [1.54, 1.807) is 0 Å². The normalized spacial score (nSPS) is 28.8. The van der Waals surface area contributed by atoms with Crippen LogP contribution in [0.5, 0.6) is 0 Å². The molecule has 26 heavy (non-hydrogen) atoms. The molecule has 0 bridgehead atoms. The van der Waals surface area contributed by atoms with Crippen LogP contribution in [0.15, 0.2) is 60.7 Å². The quantitative estimate of drug-likeness (QED) is 0.791. The molecule has 136 valence electrons. The molecule has 0 radical (unpaired) electrons. The third-order valence-corrected chi connectivity index (χ3v) is 5.34. The SMILES string of the molecule is COC(=O)C1(C)C[C@H]2N(Cc3ccccc3)C[C@H](c3ccccc3)N2O1. The van der Waals surface area contributed by atoms with Crippen LogP contribution in [0.4, 0.5) is 0 Å². The first kappa shape index (κ1) is 17.2. The summed E-state index contributed by atoms with van der Waals surface area (Å²) in [6, 6.07) is 20.8. The van der Waals surface area contributed by atoms with Crippen molar-refractivity contribution in [2.45, 2.75) is 37.7 Å². The van der Waals surface area contributed by atoms with Gasteiger partial charge in [0, 0.05) is 19.5 Å².